The standard InChI is InChI=1S/C54H34N2S3/c1-3-13-37(14-4-1)55(39-24-27-53-47(33-39)44-18-8-11-21-50(44)58-53)41-29-36(35-23-26-52-46(31-35)43-17-7-10-20-49(43)57-52)30-42(32-41)56(38-15-5-2-6-16-38)40-25-28-54-48(34-40)45-19-9-12-22-51(45)59-54/h1-34H. The first-order valence-electron chi connectivity index (χ1n) is 19.8. The minimum absolute atomic E-state index is 1.08. The highest BCUT2D eigenvalue weighted by Gasteiger charge is 2.21. The van der Waals surface area contributed by atoms with Crippen molar-refractivity contribution in [3.63, 3.8) is 0 Å². The Bertz CT molecular complexity index is 3350. The lowest BCUT2D eigenvalue weighted by Crippen LogP contribution is -2.13. The van der Waals surface area contributed by atoms with E-state index in [1.54, 1.807) is 0 Å². The molecule has 278 valence electrons. The Morgan fingerprint density at radius 1 is 0.220 bits per heavy atom. The first-order valence-corrected chi connectivity index (χ1v) is 22.3. The highest BCUT2D eigenvalue weighted by molar-refractivity contribution is 7.26. The van der Waals surface area contributed by atoms with Crippen molar-refractivity contribution in [1.82, 2.24) is 0 Å². The molecule has 9 aromatic carbocycles. The summed E-state index contributed by atoms with van der Waals surface area (Å²) in [6, 6.07) is 75.9. The lowest BCUT2D eigenvalue weighted by atomic mass is 10.00. The summed E-state index contributed by atoms with van der Waals surface area (Å²) in [5.74, 6) is 0. The maximum Gasteiger partial charge on any atom is 0.0488 e. The van der Waals surface area contributed by atoms with Gasteiger partial charge < -0.3 is 9.80 Å². The van der Waals surface area contributed by atoms with Crippen molar-refractivity contribution in [1.29, 1.82) is 0 Å². The van der Waals surface area contributed by atoms with Crippen molar-refractivity contribution in [2.75, 3.05) is 9.80 Å². The molecule has 12 rings (SSSR count). The number of nitrogens with zero attached hydrogens (tertiary/aromatic N) is 2. The fourth-order valence-electron chi connectivity index (χ4n) is 8.68. The lowest BCUT2D eigenvalue weighted by molar-refractivity contribution is 1.25. The summed E-state index contributed by atoms with van der Waals surface area (Å²) in [6.45, 7) is 0. The quantitative estimate of drug-likeness (QED) is 0.158. The predicted octanol–water partition coefficient (Wildman–Crippen LogP) is 17.4. The van der Waals surface area contributed by atoms with Crippen molar-refractivity contribution in [3.8, 4) is 11.1 Å². The van der Waals surface area contributed by atoms with E-state index in [2.05, 4.69) is 216 Å². The Kier molecular flexibility index (Phi) is 8.12. The van der Waals surface area contributed by atoms with Crippen LogP contribution >= 0.6 is 34.0 Å². The fourth-order valence-corrected chi connectivity index (χ4v) is 11.9. The van der Waals surface area contributed by atoms with Gasteiger partial charge in [-0.2, -0.15) is 0 Å². The summed E-state index contributed by atoms with van der Waals surface area (Å²) in [5, 5.41) is 7.73. The van der Waals surface area contributed by atoms with Gasteiger partial charge in [0.1, 0.15) is 0 Å². The molecule has 0 unspecified atom stereocenters. The summed E-state index contributed by atoms with van der Waals surface area (Å²) in [5.41, 5.74) is 8.95. The Balaban J connectivity index is 1.13. The maximum absolute atomic E-state index is 2.43. The molecule has 0 fully saturated rings. The molecule has 5 heteroatoms. The van der Waals surface area contributed by atoms with E-state index in [-0.39, 0.29) is 0 Å². The molecule has 0 saturated carbocycles. The van der Waals surface area contributed by atoms with Crippen LogP contribution in [0, 0.1) is 0 Å². The van der Waals surface area contributed by atoms with Crippen LogP contribution in [0.15, 0.2) is 206 Å². The first-order chi connectivity index (χ1) is 29.2. The SMILES string of the molecule is c1ccc(N(c2cc(-c3ccc4sc5ccccc5c4c3)cc(N(c3ccccc3)c3ccc4sc5ccccc5c4c3)c2)c2ccc3sc4ccccc4c3c2)cc1. The second-order valence-corrected chi connectivity index (χ2v) is 18.2. The molecule has 59 heavy (non-hydrogen) atoms. The van der Waals surface area contributed by atoms with Crippen molar-refractivity contribution < 1.29 is 0 Å². The van der Waals surface area contributed by atoms with Crippen LogP contribution in [-0.2, 0) is 0 Å². The molecule has 3 heterocycles. The van der Waals surface area contributed by atoms with Gasteiger partial charge >= 0.3 is 0 Å². The molecule has 0 atom stereocenters. The van der Waals surface area contributed by atoms with Gasteiger partial charge in [0.05, 0.1) is 0 Å². The maximum atomic E-state index is 2.43. The van der Waals surface area contributed by atoms with E-state index in [0.717, 1.165) is 39.7 Å². The molecule has 0 aliphatic rings. The van der Waals surface area contributed by atoms with Crippen LogP contribution in [0.25, 0.3) is 71.6 Å². The van der Waals surface area contributed by atoms with Crippen molar-refractivity contribution in [3.05, 3.63) is 206 Å². The van der Waals surface area contributed by atoms with Crippen LogP contribution in [-0.4, -0.2) is 0 Å². The number of fused-ring (bicyclic) bond motifs is 9. The van der Waals surface area contributed by atoms with Crippen LogP contribution in [0.2, 0.25) is 0 Å². The summed E-state index contributed by atoms with van der Waals surface area (Å²) >= 11 is 5.57. The van der Waals surface area contributed by atoms with Crippen LogP contribution in [0.4, 0.5) is 34.1 Å². The van der Waals surface area contributed by atoms with Gasteiger partial charge in [-0.25, -0.2) is 0 Å². The molecule has 0 aliphatic carbocycles. The van der Waals surface area contributed by atoms with E-state index in [9.17, 15) is 0 Å². The van der Waals surface area contributed by atoms with Gasteiger partial charge in [-0.1, -0.05) is 97.1 Å². The number of rotatable bonds is 7. The van der Waals surface area contributed by atoms with Gasteiger partial charge in [-0.05, 0) is 120 Å². The summed E-state index contributed by atoms with van der Waals surface area (Å²) in [7, 11) is 0. The monoisotopic (exact) mass is 806 g/mol. The smallest absolute Gasteiger partial charge is 0.0488 e. The van der Waals surface area contributed by atoms with Crippen molar-refractivity contribution in [2.45, 2.75) is 0 Å². The number of benzene rings is 9. The Morgan fingerprint density at radius 2 is 0.593 bits per heavy atom. The van der Waals surface area contributed by atoms with Crippen molar-refractivity contribution in [2.24, 2.45) is 0 Å². The molecule has 3 aromatic heterocycles. The first kappa shape index (κ1) is 34.3. The van der Waals surface area contributed by atoms with E-state index in [4.69, 9.17) is 0 Å². The predicted molar refractivity (Wildman–Crippen MR) is 260 cm³/mol. The zero-order valence-corrected chi connectivity index (χ0v) is 34.2. The lowest BCUT2D eigenvalue weighted by Gasteiger charge is -2.30. The summed E-state index contributed by atoms with van der Waals surface area (Å²) in [6.07, 6.45) is 0. The third-order valence-electron chi connectivity index (χ3n) is 11.4. The number of para-hydroxylation sites is 2. The number of hydrogen-bond donors (Lipinski definition) is 0. The molecule has 12 aromatic rings. The number of hydrogen-bond acceptors (Lipinski definition) is 5. The average Bonchev–Trinajstić information content (AvgIpc) is 3.98. The van der Waals surface area contributed by atoms with Gasteiger partial charge in [0.15, 0.2) is 0 Å². The minimum Gasteiger partial charge on any atom is -0.310 e. The Hall–Kier alpha value is -6.76. The van der Waals surface area contributed by atoms with Gasteiger partial charge in [-0.15, -0.1) is 34.0 Å². The molecule has 0 radical (unpaired) electrons. The third kappa shape index (κ3) is 5.89. The molecular formula is C54H34N2S3. The average molecular weight is 807 g/mol. The highest BCUT2D eigenvalue weighted by Crippen LogP contribution is 2.47. The molecule has 0 aliphatic heterocycles. The topological polar surface area (TPSA) is 6.48 Å². The molecule has 0 amide bonds. The van der Waals surface area contributed by atoms with E-state index >= 15 is 0 Å². The Morgan fingerprint density at radius 3 is 1.05 bits per heavy atom. The Labute approximate surface area is 353 Å². The molecule has 0 spiro atoms. The van der Waals surface area contributed by atoms with Gasteiger partial charge in [0.25, 0.3) is 0 Å². The highest BCUT2D eigenvalue weighted by atomic mass is 32.1. The normalized spacial score (nSPS) is 11.7. The van der Waals surface area contributed by atoms with Crippen LogP contribution in [0.3, 0.4) is 0 Å². The third-order valence-corrected chi connectivity index (χ3v) is 14.9. The molecular weight excluding hydrogens is 773 g/mol. The van der Waals surface area contributed by atoms with Crippen molar-refractivity contribution >= 4 is 129 Å². The van der Waals surface area contributed by atoms with E-state index in [0.29, 0.717) is 0 Å². The van der Waals surface area contributed by atoms with E-state index in [1.807, 2.05) is 34.0 Å². The van der Waals surface area contributed by atoms with E-state index < -0.39 is 0 Å². The van der Waals surface area contributed by atoms with Gasteiger partial charge in [0, 0.05) is 94.6 Å². The molecule has 0 saturated heterocycles. The largest absolute Gasteiger partial charge is 0.310 e. The van der Waals surface area contributed by atoms with Gasteiger partial charge in [0.2, 0.25) is 0 Å². The molecule has 2 nitrogen and oxygen atoms in total. The fraction of sp³-hybridized carbons (Fsp3) is 0. The minimum atomic E-state index is 1.08. The van der Waals surface area contributed by atoms with Crippen LogP contribution < -0.4 is 9.80 Å². The van der Waals surface area contributed by atoms with Crippen LogP contribution in [0.5, 0.6) is 0 Å². The second-order valence-electron chi connectivity index (χ2n) is 14.9. The second kappa shape index (κ2) is 14.0. The number of thiophene rings is 3. The van der Waals surface area contributed by atoms with Gasteiger partial charge in [-0.3, -0.25) is 0 Å². The number of anilines is 6. The molecule has 0 N–H and O–H groups in total. The summed E-state index contributed by atoms with van der Waals surface area (Å²) in [4.78, 5) is 4.85. The summed E-state index contributed by atoms with van der Waals surface area (Å²) < 4.78 is 7.81. The zero-order chi connectivity index (χ0) is 38.9. The van der Waals surface area contributed by atoms with E-state index in [1.165, 1.54) is 66.1 Å². The molecule has 0 bridgehead atoms. The zero-order valence-electron chi connectivity index (χ0n) is 31.7. The van der Waals surface area contributed by atoms with Crippen LogP contribution in [0.1, 0.15) is 0 Å².